The van der Waals surface area contributed by atoms with Crippen LogP contribution >= 0.6 is 0 Å². The van der Waals surface area contributed by atoms with Crippen LogP contribution < -0.4 is 0 Å². The lowest BCUT2D eigenvalue weighted by Gasteiger charge is -1.92. The van der Waals surface area contributed by atoms with Gasteiger partial charge in [0.15, 0.2) is 0 Å². The second-order valence-electron chi connectivity index (χ2n) is 2.69. The lowest BCUT2D eigenvalue weighted by Crippen LogP contribution is -1.65. The van der Waals surface area contributed by atoms with Gasteiger partial charge >= 0.3 is 0 Å². The molecule has 60 valence electrons. The van der Waals surface area contributed by atoms with Crippen molar-refractivity contribution in [1.82, 2.24) is 0 Å². The van der Waals surface area contributed by atoms with E-state index in [0.29, 0.717) is 5.56 Å². The molecule has 0 atom stereocenters. The first-order chi connectivity index (χ1) is 5.77. The molecule has 0 radical (unpaired) electrons. The smallest absolute Gasteiger partial charge is 0.123 e. The van der Waals surface area contributed by atoms with Crippen LogP contribution in [0.3, 0.4) is 0 Å². The van der Waals surface area contributed by atoms with Crippen molar-refractivity contribution in [2.24, 2.45) is 0 Å². The van der Waals surface area contributed by atoms with Gasteiger partial charge in [-0.25, -0.2) is 0 Å². The lowest BCUT2D eigenvalue weighted by molar-refractivity contribution is 0.472. The summed E-state index contributed by atoms with van der Waals surface area (Å²) >= 11 is 0. The predicted octanol–water partition coefficient (Wildman–Crippen LogP) is 2.20. The van der Waals surface area contributed by atoms with Crippen LogP contribution in [0.15, 0.2) is 36.4 Å². The maximum absolute atomic E-state index is 9.43. The summed E-state index contributed by atoms with van der Waals surface area (Å²) in [6, 6.07) is 10.2. The molecule has 2 rings (SSSR count). The van der Waals surface area contributed by atoms with Crippen molar-refractivity contribution >= 4 is 0 Å². The number of aromatic hydroxyl groups is 2. The molecule has 2 heteroatoms. The van der Waals surface area contributed by atoms with Gasteiger partial charge in [0.1, 0.15) is 11.5 Å². The van der Waals surface area contributed by atoms with Gasteiger partial charge in [-0.1, -0.05) is 18.2 Å². The van der Waals surface area contributed by atoms with Crippen molar-refractivity contribution in [3.63, 3.8) is 0 Å². The van der Waals surface area contributed by atoms with Gasteiger partial charge in [-0.3, -0.25) is 0 Å². The van der Waals surface area contributed by atoms with E-state index in [2.05, 4.69) is 0 Å². The van der Waals surface area contributed by atoms with Gasteiger partial charge in [-0.2, -0.15) is 0 Å². The highest BCUT2D eigenvalue weighted by atomic mass is 16.3. The molecule has 0 aliphatic heterocycles. The molecule has 0 heterocycles. The summed E-state index contributed by atoms with van der Waals surface area (Å²) < 4.78 is 0. The predicted molar refractivity (Wildman–Crippen MR) is 46.4 cm³/mol. The van der Waals surface area contributed by atoms with Crippen molar-refractivity contribution < 1.29 is 10.2 Å². The van der Waals surface area contributed by atoms with Gasteiger partial charge in [0.2, 0.25) is 0 Å². The van der Waals surface area contributed by atoms with Crippen molar-refractivity contribution in [1.29, 1.82) is 0 Å². The van der Waals surface area contributed by atoms with E-state index < -0.39 is 0 Å². The van der Waals surface area contributed by atoms with Crippen LogP contribution in [-0.4, -0.2) is 10.2 Å². The molecule has 2 N–H and O–H groups in total. The first-order valence-electron chi connectivity index (χ1n) is 3.68. The molecule has 0 amide bonds. The molecule has 0 saturated heterocycles. The Bertz CT molecular complexity index is 382. The molecule has 0 aromatic rings. The molecule has 12 heavy (non-hydrogen) atoms. The second-order valence-corrected chi connectivity index (χ2v) is 2.69. The van der Waals surface area contributed by atoms with Crippen LogP contribution in [0, 0.1) is 0 Å². The summed E-state index contributed by atoms with van der Waals surface area (Å²) in [5, 5.41) is 18.6. The Morgan fingerprint density at radius 3 is 2.50 bits per heavy atom. The monoisotopic (exact) mass is 160 g/mol. The van der Waals surface area contributed by atoms with E-state index in [1.807, 2.05) is 12.1 Å². The van der Waals surface area contributed by atoms with E-state index >= 15 is 0 Å². The van der Waals surface area contributed by atoms with Crippen LogP contribution in [0.4, 0.5) is 0 Å². The van der Waals surface area contributed by atoms with Gasteiger partial charge in [0.05, 0.1) is 0 Å². The molecule has 0 aromatic carbocycles. The minimum Gasteiger partial charge on any atom is -0.508 e. The van der Waals surface area contributed by atoms with Gasteiger partial charge in [0.25, 0.3) is 0 Å². The molecule has 0 spiro atoms. The quantitative estimate of drug-likeness (QED) is 0.620. The Kier molecular flexibility index (Phi) is 1.40. The van der Waals surface area contributed by atoms with E-state index in [1.165, 1.54) is 0 Å². The minimum absolute atomic E-state index is 0.187. The minimum atomic E-state index is 0.187. The zero-order chi connectivity index (χ0) is 8.55. The fourth-order valence-electron chi connectivity index (χ4n) is 1.27. The molecule has 2 aliphatic carbocycles. The van der Waals surface area contributed by atoms with E-state index in [0.717, 1.165) is 5.56 Å². The number of hydrogen-bond donors (Lipinski definition) is 2. The number of hydrogen-bond acceptors (Lipinski definition) is 2. The van der Waals surface area contributed by atoms with Crippen LogP contribution in [0.1, 0.15) is 0 Å². The topological polar surface area (TPSA) is 40.5 Å². The third-order valence-corrected chi connectivity index (χ3v) is 1.82. The zero-order valence-corrected chi connectivity index (χ0v) is 6.36. The molecule has 0 fully saturated rings. The first-order valence-corrected chi connectivity index (χ1v) is 3.68. The largest absolute Gasteiger partial charge is 0.508 e. The summed E-state index contributed by atoms with van der Waals surface area (Å²) in [7, 11) is 0. The summed E-state index contributed by atoms with van der Waals surface area (Å²) in [5.74, 6) is 0.377. The molecular weight excluding hydrogens is 152 g/mol. The van der Waals surface area contributed by atoms with Crippen LogP contribution in [-0.2, 0) is 0 Å². The average Bonchev–Trinajstić information content (AvgIpc) is 2.33. The highest BCUT2D eigenvalue weighted by Gasteiger charge is 2.07. The average molecular weight is 160 g/mol. The zero-order valence-electron chi connectivity index (χ0n) is 6.36. The highest BCUT2D eigenvalue weighted by Crippen LogP contribution is 2.35. The van der Waals surface area contributed by atoms with Gasteiger partial charge < -0.3 is 10.2 Å². The highest BCUT2D eigenvalue weighted by molar-refractivity contribution is 5.75. The summed E-state index contributed by atoms with van der Waals surface area (Å²) in [5.41, 5.74) is 1.52. The molecule has 2 aliphatic rings. The Balaban J connectivity index is 2.78. The van der Waals surface area contributed by atoms with E-state index in [1.54, 1.807) is 24.3 Å². The van der Waals surface area contributed by atoms with Crippen LogP contribution in [0.2, 0.25) is 0 Å². The Morgan fingerprint density at radius 1 is 0.917 bits per heavy atom. The van der Waals surface area contributed by atoms with E-state index in [9.17, 15) is 5.11 Å². The van der Waals surface area contributed by atoms with Crippen LogP contribution in [0.25, 0.3) is 11.1 Å². The van der Waals surface area contributed by atoms with Gasteiger partial charge in [-0.15, -0.1) is 0 Å². The number of rotatable bonds is 0. The SMILES string of the molecule is Oc1cc2ccccc(O)c-2c1. The number of fused-ring (bicyclic) bond motifs is 1. The third-order valence-electron chi connectivity index (χ3n) is 1.82. The standard InChI is InChI=1S/C10H8O2/c11-8-5-7-3-1-2-4-10(12)9(7)6-8/h1-6,11-12H. The van der Waals surface area contributed by atoms with Crippen LogP contribution in [0.5, 0.6) is 11.5 Å². The Hall–Kier alpha value is -1.70. The lowest BCUT2D eigenvalue weighted by atomic mass is 10.2. The summed E-state index contributed by atoms with van der Waals surface area (Å²) in [4.78, 5) is 0. The molecule has 0 saturated carbocycles. The molecule has 0 aromatic heterocycles. The molecule has 0 bridgehead atoms. The normalized spacial score (nSPS) is 10.3. The summed E-state index contributed by atoms with van der Waals surface area (Å²) in [6.07, 6.45) is 0. The van der Waals surface area contributed by atoms with E-state index in [4.69, 9.17) is 5.11 Å². The fourth-order valence-corrected chi connectivity index (χ4v) is 1.27. The summed E-state index contributed by atoms with van der Waals surface area (Å²) in [6.45, 7) is 0. The van der Waals surface area contributed by atoms with Gasteiger partial charge in [0, 0.05) is 5.56 Å². The molecular formula is C10H8O2. The molecule has 0 unspecified atom stereocenters. The fraction of sp³-hybridized carbons (Fsp3) is 0. The van der Waals surface area contributed by atoms with Gasteiger partial charge in [-0.05, 0) is 23.8 Å². The first kappa shape index (κ1) is 6.98. The maximum atomic E-state index is 9.43. The molecule has 2 nitrogen and oxygen atoms in total. The van der Waals surface area contributed by atoms with Crippen molar-refractivity contribution in [3.05, 3.63) is 36.4 Å². The van der Waals surface area contributed by atoms with E-state index in [-0.39, 0.29) is 11.5 Å². The third kappa shape index (κ3) is 0.975. The van der Waals surface area contributed by atoms with Crippen molar-refractivity contribution in [2.75, 3.05) is 0 Å². The Morgan fingerprint density at radius 2 is 1.67 bits per heavy atom. The Labute approximate surface area is 70.1 Å². The second kappa shape index (κ2) is 2.41. The van der Waals surface area contributed by atoms with Crippen molar-refractivity contribution in [3.8, 4) is 22.6 Å². The maximum Gasteiger partial charge on any atom is 0.123 e. The van der Waals surface area contributed by atoms with Crippen molar-refractivity contribution in [2.45, 2.75) is 0 Å².